The van der Waals surface area contributed by atoms with Gasteiger partial charge in [0.1, 0.15) is 58.6 Å². The smallest absolute Gasteiger partial charge is 0.124 e. The van der Waals surface area contributed by atoms with Crippen molar-refractivity contribution in [2.75, 3.05) is 81.3 Å². The Hall–Kier alpha value is -7.04. The topological polar surface area (TPSA) is 125 Å². The van der Waals surface area contributed by atoms with Crippen molar-refractivity contribution in [3.63, 3.8) is 0 Å². The van der Waals surface area contributed by atoms with Crippen molar-refractivity contribution in [3.8, 4) is 79.4 Å². The molecule has 0 amide bonds. The molecule has 4 aromatic heterocycles. The van der Waals surface area contributed by atoms with E-state index in [1.165, 1.54) is 0 Å². The summed E-state index contributed by atoms with van der Waals surface area (Å²) in [5.41, 5.74) is 7.87. The lowest BCUT2D eigenvalue weighted by Crippen LogP contribution is -2.06. The Morgan fingerprint density at radius 3 is 0.743 bits per heavy atom. The largest absolute Gasteiger partial charge is 0.491 e. The van der Waals surface area contributed by atoms with Gasteiger partial charge in [-0.05, 0) is 74.9 Å². The number of benzene rings is 6. The number of pyridine rings is 4. The predicted octanol–water partition coefficient (Wildman–Crippen LogP) is 13.8. The fraction of sp³-hybridized carbons (Fsp3) is 0.200. The molecule has 0 fully saturated rings. The summed E-state index contributed by atoms with van der Waals surface area (Å²) in [6, 6.07) is 49.0. The fourth-order valence-corrected chi connectivity index (χ4v) is 10.2. The summed E-state index contributed by atoms with van der Waals surface area (Å²) in [6.45, 7) is 3.15. The number of hydrogen-bond donors (Lipinski definition) is 0. The average molecular weight is 1120 g/mol. The molecule has 0 saturated carbocycles. The van der Waals surface area contributed by atoms with Gasteiger partial charge in [0.05, 0.1) is 60.6 Å². The zero-order chi connectivity index (χ0) is 51.0. The van der Waals surface area contributed by atoms with Gasteiger partial charge in [-0.2, -0.15) is 0 Å². The van der Waals surface area contributed by atoms with E-state index in [1.807, 2.05) is 72.8 Å². The highest BCUT2D eigenvalue weighted by Crippen LogP contribution is 2.47. The molecule has 0 aliphatic rings. The lowest BCUT2D eigenvalue weighted by Gasteiger charge is -2.19. The molecule has 74 heavy (non-hydrogen) atoms. The normalized spacial score (nSPS) is 11.5. The van der Waals surface area contributed by atoms with Crippen LogP contribution >= 0.6 is 31.9 Å². The maximum absolute atomic E-state index is 6.49. The first-order valence-corrected chi connectivity index (χ1v) is 25.7. The third kappa shape index (κ3) is 10.8. The number of fused-ring (bicyclic) bond motifs is 4. The molecular formula is C60H52Br2N4O8. The third-order valence-corrected chi connectivity index (χ3v) is 13.3. The summed E-state index contributed by atoms with van der Waals surface area (Å²) in [7, 11) is 6.64. The summed E-state index contributed by atoms with van der Waals surface area (Å²) < 4.78 is 48.0. The Balaban J connectivity index is 1.19. The van der Waals surface area contributed by atoms with Crippen molar-refractivity contribution in [2.45, 2.75) is 0 Å². The minimum absolute atomic E-state index is 0.319. The van der Waals surface area contributed by atoms with E-state index in [-0.39, 0.29) is 0 Å². The highest BCUT2D eigenvalue weighted by molar-refractivity contribution is 9.10. The van der Waals surface area contributed by atoms with Gasteiger partial charge in [-0.1, -0.05) is 97.1 Å². The summed E-state index contributed by atoms with van der Waals surface area (Å²) in [5.74, 6) is 2.57. The molecule has 4 heterocycles. The molecule has 0 spiro atoms. The van der Waals surface area contributed by atoms with Gasteiger partial charge in [-0.15, -0.1) is 0 Å². The molecule has 0 aliphatic carbocycles. The Morgan fingerprint density at radius 2 is 0.500 bits per heavy atom. The Morgan fingerprint density at radius 1 is 0.284 bits per heavy atom. The van der Waals surface area contributed by atoms with Crippen molar-refractivity contribution in [2.24, 2.45) is 0 Å². The second-order valence-corrected chi connectivity index (χ2v) is 18.8. The van der Waals surface area contributed by atoms with Crippen LogP contribution in [-0.2, 0) is 18.9 Å². The Kier molecular flexibility index (Phi) is 16.0. The lowest BCUT2D eigenvalue weighted by atomic mass is 9.88. The van der Waals surface area contributed by atoms with E-state index >= 15 is 0 Å². The van der Waals surface area contributed by atoms with Crippen LogP contribution in [0.4, 0.5) is 0 Å². The summed E-state index contributed by atoms with van der Waals surface area (Å²) in [5, 5.41) is 7.90. The highest BCUT2D eigenvalue weighted by Gasteiger charge is 2.24. The van der Waals surface area contributed by atoms with Gasteiger partial charge in [0.15, 0.2) is 0 Å². The van der Waals surface area contributed by atoms with E-state index < -0.39 is 0 Å². The second kappa shape index (κ2) is 23.4. The van der Waals surface area contributed by atoms with Gasteiger partial charge in [0.25, 0.3) is 0 Å². The minimum Gasteiger partial charge on any atom is -0.491 e. The monoisotopic (exact) mass is 1110 g/mol. The van der Waals surface area contributed by atoms with Gasteiger partial charge in [0.2, 0.25) is 0 Å². The second-order valence-electron chi connectivity index (χ2n) is 17.2. The molecule has 14 heteroatoms. The van der Waals surface area contributed by atoms with Crippen molar-refractivity contribution in [3.05, 3.63) is 155 Å². The SMILES string of the molecule is COCCOc1cc(Br)nc(-c2c3ccccc3c(-c3cc(OCCOC)cc(-c4cc(OCCOC)cc(-c5c6ccccc6c(-c6cc(OCCOC)cc(Br)n6)c6ccccc56)n4)n3)c3ccccc23)c1. The van der Waals surface area contributed by atoms with Gasteiger partial charge in [0, 0.05) is 99.2 Å². The van der Waals surface area contributed by atoms with Crippen LogP contribution in [0.15, 0.2) is 155 Å². The molecule has 12 nitrogen and oxygen atoms in total. The van der Waals surface area contributed by atoms with Crippen LogP contribution in [0.1, 0.15) is 0 Å². The standard InChI is InChI=1S/C60H52Br2N4O8/c1-67-21-25-71-37-29-49(63-51(31-37)57-41-13-5-9-17-45(41)59(46-18-10-6-14-42(46)57)53-33-39(35-55(61)65-53)73-27-23-69-3)50-30-38(72-26-22-68-2)32-52(64-50)58-43-15-7-11-19-47(43)60(48-20-12-8-16-44(48)58)54-34-40(36-56(62)66-54)74-28-24-70-4/h5-20,29-36H,21-28H2,1-4H3. The molecule has 0 saturated heterocycles. The van der Waals surface area contributed by atoms with Gasteiger partial charge < -0.3 is 37.9 Å². The van der Waals surface area contributed by atoms with E-state index in [1.54, 1.807) is 28.4 Å². The van der Waals surface area contributed by atoms with Gasteiger partial charge >= 0.3 is 0 Å². The number of nitrogens with zero attached hydrogens (tertiary/aromatic N) is 4. The van der Waals surface area contributed by atoms with Crippen LogP contribution in [0, 0.1) is 0 Å². The molecule has 10 aromatic rings. The molecule has 0 aliphatic heterocycles. The predicted molar refractivity (Wildman–Crippen MR) is 300 cm³/mol. The van der Waals surface area contributed by atoms with Gasteiger partial charge in [-0.25, -0.2) is 19.9 Å². The average Bonchev–Trinajstić information content (AvgIpc) is 3.42. The molecule has 0 N–H and O–H groups in total. The molecule has 0 atom stereocenters. The summed E-state index contributed by atoms with van der Waals surface area (Å²) >= 11 is 7.33. The summed E-state index contributed by atoms with van der Waals surface area (Å²) in [6.07, 6.45) is 0. The zero-order valence-corrected chi connectivity index (χ0v) is 44.5. The number of aromatic nitrogens is 4. The van der Waals surface area contributed by atoms with E-state index in [2.05, 4.69) is 105 Å². The first kappa shape index (κ1) is 50.5. The number of methoxy groups -OCH3 is 4. The molecular weight excluding hydrogens is 1060 g/mol. The van der Waals surface area contributed by atoms with Crippen molar-refractivity contribution in [1.29, 1.82) is 0 Å². The van der Waals surface area contributed by atoms with Crippen LogP contribution in [0.25, 0.3) is 99.5 Å². The molecule has 0 unspecified atom stereocenters. The van der Waals surface area contributed by atoms with E-state index in [0.717, 1.165) is 76.7 Å². The van der Waals surface area contributed by atoms with Crippen LogP contribution in [0.3, 0.4) is 0 Å². The van der Waals surface area contributed by atoms with E-state index in [0.29, 0.717) is 108 Å². The minimum atomic E-state index is 0.319. The lowest BCUT2D eigenvalue weighted by molar-refractivity contribution is 0.146. The van der Waals surface area contributed by atoms with Gasteiger partial charge in [-0.3, -0.25) is 0 Å². The van der Waals surface area contributed by atoms with Crippen molar-refractivity contribution >= 4 is 74.9 Å². The highest BCUT2D eigenvalue weighted by atomic mass is 79.9. The quantitative estimate of drug-likeness (QED) is 0.0386. The third-order valence-electron chi connectivity index (χ3n) is 12.5. The maximum atomic E-state index is 6.49. The van der Waals surface area contributed by atoms with E-state index in [4.69, 9.17) is 57.8 Å². The first-order valence-electron chi connectivity index (χ1n) is 24.1. The van der Waals surface area contributed by atoms with Crippen LogP contribution < -0.4 is 18.9 Å². The molecule has 374 valence electrons. The Bertz CT molecular complexity index is 3300. The van der Waals surface area contributed by atoms with Crippen LogP contribution in [0.2, 0.25) is 0 Å². The molecule has 0 radical (unpaired) electrons. The number of halogens is 2. The van der Waals surface area contributed by atoms with Crippen molar-refractivity contribution in [1.82, 2.24) is 19.9 Å². The molecule has 0 bridgehead atoms. The summed E-state index contributed by atoms with van der Waals surface area (Å²) in [4.78, 5) is 21.1. The van der Waals surface area contributed by atoms with E-state index in [9.17, 15) is 0 Å². The number of hydrogen-bond acceptors (Lipinski definition) is 12. The number of rotatable bonds is 21. The zero-order valence-electron chi connectivity index (χ0n) is 41.3. The molecule has 10 rings (SSSR count). The Labute approximate surface area is 445 Å². The van der Waals surface area contributed by atoms with Crippen molar-refractivity contribution < 1.29 is 37.9 Å². The maximum Gasteiger partial charge on any atom is 0.124 e. The first-order chi connectivity index (χ1) is 36.3. The molecule has 6 aromatic carbocycles. The van der Waals surface area contributed by atoms with Crippen LogP contribution in [0.5, 0.6) is 23.0 Å². The van der Waals surface area contributed by atoms with Crippen LogP contribution in [-0.4, -0.2) is 101 Å². The fourth-order valence-electron chi connectivity index (χ4n) is 9.40. The number of ether oxygens (including phenoxy) is 8.